The number of sulfonamides is 1. The summed E-state index contributed by atoms with van der Waals surface area (Å²) in [4.78, 5) is 12.6. The van der Waals surface area contributed by atoms with E-state index in [2.05, 4.69) is 27.8 Å². The third kappa shape index (κ3) is 6.17. The average molecular weight is 493 g/mol. The van der Waals surface area contributed by atoms with Gasteiger partial charge in [-0.3, -0.25) is 4.79 Å². The van der Waals surface area contributed by atoms with Crippen molar-refractivity contribution < 1.29 is 17.9 Å². The van der Waals surface area contributed by atoms with E-state index in [0.29, 0.717) is 44.0 Å². The number of hydrogen-bond donors (Lipinski definition) is 1. The molecule has 1 aliphatic heterocycles. The minimum Gasteiger partial charge on any atom is -0.489 e. The Morgan fingerprint density at radius 2 is 1.93 bits per heavy atom. The zero-order chi connectivity index (χ0) is 21.6. The van der Waals surface area contributed by atoms with Crippen LogP contribution in [0.3, 0.4) is 0 Å². The lowest BCUT2D eigenvalue weighted by atomic mass is 9.97. The van der Waals surface area contributed by atoms with Crippen LogP contribution in [0.5, 0.6) is 5.75 Å². The number of carbonyl (C=O) groups excluding carboxylic acids is 1. The lowest BCUT2D eigenvalue weighted by molar-refractivity contribution is -0.120. The van der Waals surface area contributed by atoms with E-state index in [-0.39, 0.29) is 17.6 Å². The van der Waals surface area contributed by atoms with Crippen LogP contribution in [0.2, 0.25) is 0 Å². The second-order valence-electron chi connectivity index (χ2n) is 7.18. The number of ether oxygens (including phenoxy) is 1. The summed E-state index contributed by atoms with van der Waals surface area (Å²) in [6.07, 6.45) is 2.65. The molecule has 2 aromatic carbocycles. The molecule has 1 amide bonds. The molecule has 0 unspecified atom stereocenters. The summed E-state index contributed by atoms with van der Waals surface area (Å²) in [5, 5.41) is 2.91. The summed E-state index contributed by atoms with van der Waals surface area (Å²) in [5.74, 6) is 0.294. The Kier molecular flexibility index (Phi) is 7.69. The molecule has 0 radical (unpaired) electrons. The fourth-order valence-corrected chi connectivity index (χ4v) is 5.39. The van der Waals surface area contributed by atoms with E-state index in [1.54, 1.807) is 24.3 Å². The number of amides is 1. The summed E-state index contributed by atoms with van der Waals surface area (Å²) < 4.78 is 33.3. The Balaban J connectivity index is 1.54. The number of rotatable bonds is 8. The van der Waals surface area contributed by atoms with Crippen LogP contribution in [-0.4, -0.2) is 38.3 Å². The van der Waals surface area contributed by atoms with E-state index in [1.165, 1.54) is 4.31 Å². The summed E-state index contributed by atoms with van der Waals surface area (Å²) in [7, 11) is -3.42. The Labute approximate surface area is 186 Å². The van der Waals surface area contributed by atoms with E-state index >= 15 is 0 Å². The van der Waals surface area contributed by atoms with Gasteiger partial charge in [0.25, 0.3) is 0 Å². The quantitative estimate of drug-likeness (QED) is 0.560. The minimum absolute atomic E-state index is 0.0409. The Morgan fingerprint density at radius 3 is 2.63 bits per heavy atom. The molecule has 0 aliphatic carbocycles. The first kappa shape index (κ1) is 22.5. The average Bonchev–Trinajstić information content (AvgIpc) is 2.72. The van der Waals surface area contributed by atoms with Crippen molar-refractivity contribution >= 4 is 37.5 Å². The van der Waals surface area contributed by atoms with Crippen LogP contribution in [0.1, 0.15) is 18.4 Å². The van der Waals surface area contributed by atoms with Crippen LogP contribution >= 0.6 is 15.9 Å². The van der Waals surface area contributed by atoms with E-state index in [1.807, 2.05) is 30.3 Å². The first-order valence-electron chi connectivity index (χ1n) is 9.74. The zero-order valence-corrected chi connectivity index (χ0v) is 19.0. The van der Waals surface area contributed by atoms with Crippen LogP contribution < -0.4 is 10.1 Å². The van der Waals surface area contributed by atoms with Crippen molar-refractivity contribution in [2.75, 3.05) is 25.0 Å². The minimum atomic E-state index is -3.42. The van der Waals surface area contributed by atoms with Gasteiger partial charge in [0.15, 0.2) is 0 Å². The highest BCUT2D eigenvalue weighted by Crippen LogP contribution is 2.25. The molecule has 6 nitrogen and oxygen atoms in total. The summed E-state index contributed by atoms with van der Waals surface area (Å²) >= 11 is 3.37. The molecular weight excluding hydrogens is 468 g/mol. The molecule has 1 heterocycles. The molecule has 1 saturated heterocycles. The molecule has 0 atom stereocenters. The third-order valence-electron chi connectivity index (χ3n) is 4.93. The number of piperidine rings is 1. The highest BCUT2D eigenvalue weighted by atomic mass is 79.9. The van der Waals surface area contributed by atoms with Crippen molar-refractivity contribution in [1.29, 1.82) is 0 Å². The van der Waals surface area contributed by atoms with Gasteiger partial charge < -0.3 is 10.1 Å². The molecule has 160 valence electrons. The number of anilines is 1. The number of carbonyl (C=O) groups is 1. The van der Waals surface area contributed by atoms with Crippen LogP contribution in [0.4, 0.5) is 5.69 Å². The number of nitrogens with one attached hydrogen (secondary N) is 1. The zero-order valence-electron chi connectivity index (χ0n) is 16.6. The normalized spacial score (nSPS) is 15.5. The van der Waals surface area contributed by atoms with E-state index in [4.69, 9.17) is 4.74 Å². The summed E-state index contributed by atoms with van der Waals surface area (Å²) in [5.41, 5.74) is 1.40. The second-order valence-corrected chi connectivity index (χ2v) is 10.1. The Hall–Kier alpha value is -2.16. The molecule has 3 rings (SSSR count). The Bertz CT molecular complexity index is 1000. The molecule has 1 aliphatic rings. The van der Waals surface area contributed by atoms with Gasteiger partial charge in [0.05, 0.1) is 5.75 Å². The number of hydrogen-bond acceptors (Lipinski definition) is 4. The third-order valence-corrected chi connectivity index (χ3v) is 7.27. The SMILES string of the molecule is C=CCOc1cccc(NC(=O)C2CCN(S(=O)(=O)Cc3cccc(Br)c3)CC2)c1. The maximum atomic E-state index is 12.7. The first-order chi connectivity index (χ1) is 14.4. The van der Waals surface area contributed by atoms with Gasteiger partial charge in [-0.1, -0.05) is 46.8 Å². The molecule has 1 N–H and O–H groups in total. The molecule has 0 saturated carbocycles. The van der Waals surface area contributed by atoms with Crippen LogP contribution in [0.15, 0.2) is 65.7 Å². The monoisotopic (exact) mass is 492 g/mol. The van der Waals surface area contributed by atoms with Gasteiger partial charge in [-0.2, -0.15) is 0 Å². The Morgan fingerprint density at radius 1 is 1.20 bits per heavy atom. The van der Waals surface area contributed by atoms with Gasteiger partial charge in [0, 0.05) is 35.2 Å². The van der Waals surface area contributed by atoms with Crippen molar-refractivity contribution in [1.82, 2.24) is 4.31 Å². The van der Waals surface area contributed by atoms with Gasteiger partial charge in [-0.25, -0.2) is 12.7 Å². The van der Waals surface area contributed by atoms with Gasteiger partial charge >= 0.3 is 0 Å². The van der Waals surface area contributed by atoms with Gasteiger partial charge in [0.1, 0.15) is 12.4 Å². The van der Waals surface area contributed by atoms with Crippen LogP contribution in [-0.2, 0) is 20.6 Å². The summed E-state index contributed by atoms with van der Waals surface area (Å²) in [6.45, 7) is 4.70. The van der Waals surface area contributed by atoms with Crippen molar-refractivity contribution in [3.63, 3.8) is 0 Å². The molecule has 2 aromatic rings. The maximum Gasteiger partial charge on any atom is 0.227 e. The molecular formula is C22H25BrN2O4S. The molecule has 1 fully saturated rings. The smallest absolute Gasteiger partial charge is 0.227 e. The molecule has 0 bridgehead atoms. The van der Waals surface area contributed by atoms with Gasteiger partial charge in [-0.05, 0) is 42.7 Å². The van der Waals surface area contributed by atoms with Gasteiger partial charge in [0.2, 0.25) is 15.9 Å². The fraction of sp³-hybridized carbons (Fsp3) is 0.318. The number of benzene rings is 2. The molecule has 8 heteroatoms. The van der Waals surface area contributed by atoms with E-state index < -0.39 is 10.0 Å². The fourth-order valence-electron chi connectivity index (χ4n) is 3.39. The first-order valence-corrected chi connectivity index (χ1v) is 12.1. The largest absolute Gasteiger partial charge is 0.489 e. The van der Waals surface area contributed by atoms with Crippen molar-refractivity contribution in [3.8, 4) is 5.75 Å². The highest BCUT2D eigenvalue weighted by Gasteiger charge is 2.31. The van der Waals surface area contributed by atoms with Crippen LogP contribution in [0, 0.1) is 5.92 Å². The molecule has 0 aromatic heterocycles. The van der Waals surface area contributed by atoms with E-state index in [9.17, 15) is 13.2 Å². The predicted octanol–water partition coefficient (Wildman–Crippen LogP) is 4.19. The lowest BCUT2D eigenvalue weighted by Gasteiger charge is -2.30. The van der Waals surface area contributed by atoms with Crippen molar-refractivity contribution in [2.45, 2.75) is 18.6 Å². The van der Waals surface area contributed by atoms with E-state index in [0.717, 1.165) is 10.0 Å². The topological polar surface area (TPSA) is 75.7 Å². The lowest BCUT2D eigenvalue weighted by Crippen LogP contribution is -2.41. The molecule has 30 heavy (non-hydrogen) atoms. The number of halogens is 1. The van der Waals surface area contributed by atoms with Crippen molar-refractivity contribution in [2.24, 2.45) is 5.92 Å². The van der Waals surface area contributed by atoms with Crippen LogP contribution in [0.25, 0.3) is 0 Å². The second kappa shape index (κ2) is 10.2. The maximum absolute atomic E-state index is 12.7. The standard InChI is InChI=1S/C22H25BrN2O4S/c1-2-13-29-21-8-4-7-20(15-21)24-22(26)18-9-11-25(12-10-18)30(27,28)16-17-5-3-6-19(23)14-17/h2-8,14-15,18H,1,9-13,16H2,(H,24,26). The summed E-state index contributed by atoms with van der Waals surface area (Å²) in [6, 6.07) is 14.5. The number of nitrogens with zero attached hydrogens (tertiary/aromatic N) is 1. The molecule has 0 spiro atoms. The highest BCUT2D eigenvalue weighted by molar-refractivity contribution is 9.10. The van der Waals surface area contributed by atoms with Crippen molar-refractivity contribution in [3.05, 3.63) is 71.2 Å². The van der Waals surface area contributed by atoms with Gasteiger partial charge in [-0.15, -0.1) is 0 Å². The predicted molar refractivity (Wildman–Crippen MR) is 122 cm³/mol.